The van der Waals surface area contributed by atoms with Gasteiger partial charge < -0.3 is 15.4 Å². The normalized spacial score (nSPS) is 10.9. The van der Waals surface area contributed by atoms with Gasteiger partial charge in [0.2, 0.25) is 0 Å². The first kappa shape index (κ1) is 8.13. The Balaban J connectivity index is 2.84. The Labute approximate surface area is 76.4 Å². The van der Waals surface area contributed by atoms with Crippen LogP contribution >= 0.6 is 0 Å². The molecule has 0 aliphatic heterocycles. The average molecular weight is 176 g/mol. The molecule has 0 saturated carbocycles. The van der Waals surface area contributed by atoms with Crippen molar-refractivity contribution in [1.82, 2.24) is 4.57 Å². The highest BCUT2D eigenvalue weighted by Crippen LogP contribution is 2.23. The molecule has 2 aromatic rings. The lowest BCUT2D eigenvalue weighted by atomic mass is 10.1. The second-order valence-corrected chi connectivity index (χ2v) is 3.14. The van der Waals surface area contributed by atoms with Crippen LogP contribution in [0.1, 0.15) is 5.56 Å². The zero-order valence-corrected chi connectivity index (χ0v) is 7.49. The van der Waals surface area contributed by atoms with Gasteiger partial charge in [-0.1, -0.05) is 12.1 Å². The van der Waals surface area contributed by atoms with Crippen molar-refractivity contribution in [1.29, 1.82) is 0 Å². The van der Waals surface area contributed by atoms with Crippen molar-refractivity contribution in [3.05, 3.63) is 29.8 Å². The number of aromatic nitrogens is 1. The fourth-order valence-corrected chi connectivity index (χ4v) is 1.58. The number of aliphatic hydroxyl groups is 1. The predicted octanol–water partition coefficient (Wildman–Crippen LogP) is 1.25. The molecule has 3 nitrogen and oxygen atoms in total. The van der Waals surface area contributed by atoms with E-state index in [4.69, 9.17) is 10.8 Å². The topological polar surface area (TPSA) is 51.2 Å². The molecule has 13 heavy (non-hydrogen) atoms. The average Bonchev–Trinajstić information content (AvgIpc) is 2.43. The van der Waals surface area contributed by atoms with Crippen LogP contribution in [0.3, 0.4) is 0 Å². The van der Waals surface area contributed by atoms with E-state index in [1.54, 1.807) is 0 Å². The molecule has 0 atom stereocenters. The monoisotopic (exact) mass is 176 g/mol. The van der Waals surface area contributed by atoms with E-state index in [2.05, 4.69) is 0 Å². The fraction of sp³-hybridized carbons (Fsp3) is 0.200. The van der Waals surface area contributed by atoms with E-state index in [-0.39, 0.29) is 6.61 Å². The number of nitrogens with zero attached hydrogens (tertiary/aromatic N) is 1. The maximum absolute atomic E-state index is 9.09. The Bertz CT molecular complexity index is 445. The molecule has 0 aliphatic rings. The number of hydrogen-bond donors (Lipinski definition) is 2. The molecular formula is C10H12N2O. The van der Waals surface area contributed by atoms with Crippen molar-refractivity contribution in [2.24, 2.45) is 7.05 Å². The minimum atomic E-state index is 0.0563. The summed E-state index contributed by atoms with van der Waals surface area (Å²) in [6.07, 6.45) is 0. The second kappa shape index (κ2) is 2.78. The van der Waals surface area contributed by atoms with Gasteiger partial charge in [0.15, 0.2) is 0 Å². The summed E-state index contributed by atoms with van der Waals surface area (Å²) < 4.78 is 1.91. The van der Waals surface area contributed by atoms with Crippen LogP contribution in [0.15, 0.2) is 24.3 Å². The minimum Gasteiger partial charge on any atom is -0.392 e. The van der Waals surface area contributed by atoms with Crippen molar-refractivity contribution in [3.63, 3.8) is 0 Å². The van der Waals surface area contributed by atoms with E-state index in [1.807, 2.05) is 35.9 Å². The van der Waals surface area contributed by atoms with Crippen molar-refractivity contribution in [3.8, 4) is 0 Å². The van der Waals surface area contributed by atoms with Gasteiger partial charge in [0.1, 0.15) is 5.82 Å². The number of nitrogens with two attached hydrogens (primary N) is 1. The van der Waals surface area contributed by atoms with E-state index in [0.29, 0.717) is 0 Å². The first-order chi connectivity index (χ1) is 6.24. The van der Waals surface area contributed by atoms with Gasteiger partial charge in [0.25, 0.3) is 0 Å². The van der Waals surface area contributed by atoms with Crippen LogP contribution in [0, 0.1) is 0 Å². The lowest BCUT2D eigenvalue weighted by Gasteiger charge is -2.00. The van der Waals surface area contributed by atoms with Crippen molar-refractivity contribution < 1.29 is 5.11 Å². The third kappa shape index (κ3) is 1.09. The van der Waals surface area contributed by atoms with Crippen LogP contribution < -0.4 is 5.73 Å². The zero-order chi connectivity index (χ0) is 9.42. The van der Waals surface area contributed by atoms with Gasteiger partial charge in [0.05, 0.1) is 6.61 Å². The Hall–Kier alpha value is -1.48. The SMILES string of the molecule is Cn1c(N)cc2c(CO)cccc21. The molecular weight excluding hydrogens is 164 g/mol. The Morgan fingerprint density at radius 2 is 2.23 bits per heavy atom. The number of aliphatic hydroxyl groups excluding tert-OH is 1. The van der Waals surface area contributed by atoms with Crippen molar-refractivity contribution in [2.75, 3.05) is 5.73 Å². The highest BCUT2D eigenvalue weighted by Gasteiger charge is 2.05. The summed E-state index contributed by atoms with van der Waals surface area (Å²) in [7, 11) is 1.92. The van der Waals surface area contributed by atoms with Crippen LogP contribution in [0.5, 0.6) is 0 Å². The van der Waals surface area contributed by atoms with E-state index < -0.39 is 0 Å². The quantitative estimate of drug-likeness (QED) is 0.687. The maximum atomic E-state index is 9.09. The number of hydrogen-bond acceptors (Lipinski definition) is 2. The van der Waals surface area contributed by atoms with Gasteiger partial charge in [-0.25, -0.2) is 0 Å². The summed E-state index contributed by atoms with van der Waals surface area (Å²) in [4.78, 5) is 0. The van der Waals surface area contributed by atoms with Gasteiger partial charge in [-0.05, 0) is 17.7 Å². The van der Waals surface area contributed by atoms with E-state index in [1.165, 1.54) is 0 Å². The summed E-state index contributed by atoms with van der Waals surface area (Å²) in [6, 6.07) is 7.71. The van der Waals surface area contributed by atoms with Gasteiger partial charge in [-0.2, -0.15) is 0 Å². The van der Waals surface area contributed by atoms with E-state index in [9.17, 15) is 0 Å². The molecule has 2 rings (SSSR count). The maximum Gasteiger partial charge on any atom is 0.104 e. The predicted molar refractivity (Wildman–Crippen MR) is 53.3 cm³/mol. The third-order valence-electron chi connectivity index (χ3n) is 2.38. The molecule has 1 heterocycles. The molecule has 68 valence electrons. The van der Waals surface area contributed by atoms with Crippen LogP contribution in [-0.4, -0.2) is 9.67 Å². The fourth-order valence-electron chi connectivity index (χ4n) is 1.58. The molecule has 0 saturated heterocycles. The van der Waals surface area contributed by atoms with Crippen LogP contribution in [0.2, 0.25) is 0 Å². The second-order valence-electron chi connectivity index (χ2n) is 3.14. The number of nitrogen functional groups attached to an aromatic ring is 1. The van der Waals surface area contributed by atoms with Crippen LogP contribution in [0.4, 0.5) is 5.82 Å². The molecule has 0 radical (unpaired) electrons. The third-order valence-corrected chi connectivity index (χ3v) is 2.38. The molecule has 1 aromatic carbocycles. The summed E-state index contributed by atoms with van der Waals surface area (Å²) in [6.45, 7) is 0.0563. The summed E-state index contributed by atoms with van der Waals surface area (Å²) in [5, 5.41) is 10.1. The molecule has 0 amide bonds. The first-order valence-electron chi connectivity index (χ1n) is 4.17. The molecule has 0 unspecified atom stereocenters. The highest BCUT2D eigenvalue weighted by molar-refractivity contribution is 5.87. The number of benzene rings is 1. The number of fused-ring (bicyclic) bond motifs is 1. The lowest BCUT2D eigenvalue weighted by molar-refractivity contribution is 0.283. The van der Waals surface area contributed by atoms with Crippen molar-refractivity contribution >= 4 is 16.7 Å². The van der Waals surface area contributed by atoms with Crippen molar-refractivity contribution in [2.45, 2.75) is 6.61 Å². The van der Waals surface area contributed by atoms with Gasteiger partial charge in [-0.3, -0.25) is 0 Å². The summed E-state index contributed by atoms with van der Waals surface area (Å²) >= 11 is 0. The Morgan fingerprint density at radius 1 is 1.46 bits per heavy atom. The minimum absolute atomic E-state index is 0.0563. The lowest BCUT2D eigenvalue weighted by Crippen LogP contribution is -1.94. The Kier molecular flexibility index (Phi) is 1.74. The van der Waals surface area contributed by atoms with E-state index in [0.717, 1.165) is 22.3 Å². The van der Waals surface area contributed by atoms with Crippen LogP contribution in [-0.2, 0) is 13.7 Å². The van der Waals surface area contributed by atoms with Gasteiger partial charge in [0, 0.05) is 18.0 Å². The van der Waals surface area contributed by atoms with Gasteiger partial charge >= 0.3 is 0 Å². The first-order valence-corrected chi connectivity index (χ1v) is 4.17. The smallest absolute Gasteiger partial charge is 0.104 e. The summed E-state index contributed by atoms with van der Waals surface area (Å²) in [5.41, 5.74) is 7.74. The molecule has 1 aromatic heterocycles. The molecule has 0 fully saturated rings. The number of anilines is 1. The standard InChI is InChI=1S/C10H12N2O/c1-12-9-4-2-3-7(6-13)8(9)5-10(12)11/h2-5,13H,6,11H2,1H3. The zero-order valence-electron chi connectivity index (χ0n) is 7.49. The molecule has 3 N–H and O–H groups in total. The molecule has 0 aliphatic carbocycles. The largest absolute Gasteiger partial charge is 0.392 e. The summed E-state index contributed by atoms with van der Waals surface area (Å²) in [5.74, 6) is 0.718. The molecule has 0 spiro atoms. The number of aryl methyl sites for hydroxylation is 1. The van der Waals surface area contributed by atoms with E-state index >= 15 is 0 Å². The molecule has 3 heteroatoms. The van der Waals surface area contributed by atoms with Crippen LogP contribution in [0.25, 0.3) is 10.9 Å². The number of rotatable bonds is 1. The highest BCUT2D eigenvalue weighted by atomic mass is 16.3. The Morgan fingerprint density at radius 3 is 2.92 bits per heavy atom. The van der Waals surface area contributed by atoms with Gasteiger partial charge in [-0.15, -0.1) is 0 Å². The molecule has 0 bridgehead atoms.